The fourth-order valence-electron chi connectivity index (χ4n) is 2.79. The quantitative estimate of drug-likeness (QED) is 0.592. The summed E-state index contributed by atoms with van der Waals surface area (Å²) in [5.74, 6) is 1.35. The molecule has 0 spiro atoms. The van der Waals surface area contributed by atoms with Crippen LogP contribution < -0.4 is 5.32 Å². The first-order valence-electron chi connectivity index (χ1n) is 8.96. The summed E-state index contributed by atoms with van der Waals surface area (Å²) in [5, 5.41) is 13.4. The maximum atomic E-state index is 10.1. The van der Waals surface area contributed by atoms with E-state index in [1.807, 2.05) is 0 Å². The van der Waals surface area contributed by atoms with E-state index >= 15 is 0 Å². The van der Waals surface area contributed by atoms with E-state index in [1.165, 1.54) is 11.1 Å². The predicted molar refractivity (Wildman–Crippen MR) is 98.2 cm³/mol. The second kappa shape index (κ2) is 9.64. The van der Waals surface area contributed by atoms with Gasteiger partial charge in [0.1, 0.15) is 0 Å². The maximum absolute atomic E-state index is 10.1. The lowest BCUT2D eigenvalue weighted by Crippen LogP contribution is -2.44. The summed E-state index contributed by atoms with van der Waals surface area (Å²) in [5.41, 5.74) is 2.78. The average Bonchev–Trinajstić information content (AvgIpc) is 2.58. The van der Waals surface area contributed by atoms with Gasteiger partial charge < -0.3 is 20.1 Å². The number of hydrogen-bond donors (Lipinski definition) is 2. The van der Waals surface area contributed by atoms with Crippen LogP contribution in [0.25, 0.3) is 0 Å². The minimum Gasteiger partial charge on any atom is -0.389 e. The summed E-state index contributed by atoms with van der Waals surface area (Å²) >= 11 is 0. The molecule has 0 aromatic heterocycles. The molecule has 5 nitrogen and oxygen atoms in total. The van der Waals surface area contributed by atoms with Gasteiger partial charge in [0.2, 0.25) is 0 Å². The molecule has 134 valence electrons. The topological polar surface area (TPSA) is 57.1 Å². The number of guanidine groups is 1. The fraction of sp³-hybridized carbons (Fsp3) is 0.632. The number of aliphatic imine (C=N–C) groups is 1. The average molecular weight is 333 g/mol. The molecule has 1 aliphatic rings. The van der Waals surface area contributed by atoms with E-state index in [4.69, 9.17) is 4.74 Å². The zero-order chi connectivity index (χ0) is 17.4. The fourth-order valence-corrected chi connectivity index (χ4v) is 2.79. The van der Waals surface area contributed by atoms with Gasteiger partial charge in [-0.1, -0.05) is 38.1 Å². The highest BCUT2D eigenvalue weighted by atomic mass is 16.5. The molecule has 0 aliphatic carbocycles. The van der Waals surface area contributed by atoms with Crippen LogP contribution >= 0.6 is 0 Å². The summed E-state index contributed by atoms with van der Waals surface area (Å²) in [6, 6.07) is 8.57. The van der Waals surface area contributed by atoms with Gasteiger partial charge in [-0.05, 0) is 30.4 Å². The third kappa shape index (κ3) is 5.80. The molecular weight excluding hydrogens is 302 g/mol. The first-order chi connectivity index (χ1) is 11.6. The molecular formula is C19H31N3O2. The molecule has 2 rings (SSSR count). The molecule has 1 heterocycles. The van der Waals surface area contributed by atoms with E-state index < -0.39 is 6.10 Å². The van der Waals surface area contributed by atoms with Gasteiger partial charge in [0.15, 0.2) is 5.96 Å². The standard InChI is InChI=1S/C19H31N3O2/c1-4-20-19(21-11-18(23)14-24-13-15(2)3)22-10-9-16-7-5-6-8-17(16)12-22/h5-8,15,18,23H,4,9-14H2,1-3H3,(H,20,21). The van der Waals surface area contributed by atoms with Crippen molar-refractivity contribution in [1.82, 2.24) is 10.2 Å². The van der Waals surface area contributed by atoms with Crippen molar-refractivity contribution in [2.45, 2.75) is 39.8 Å². The third-order valence-corrected chi connectivity index (χ3v) is 3.98. The molecule has 1 aromatic carbocycles. The minimum absolute atomic E-state index is 0.337. The molecule has 0 fully saturated rings. The number of nitrogens with zero attached hydrogens (tertiary/aromatic N) is 2. The number of fused-ring (bicyclic) bond motifs is 1. The molecule has 0 radical (unpaired) electrons. The second-order valence-electron chi connectivity index (χ2n) is 6.72. The van der Waals surface area contributed by atoms with E-state index in [9.17, 15) is 5.11 Å². The van der Waals surface area contributed by atoms with Crippen molar-refractivity contribution in [2.24, 2.45) is 10.9 Å². The summed E-state index contributed by atoms with van der Waals surface area (Å²) < 4.78 is 5.49. The van der Waals surface area contributed by atoms with E-state index in [0.717, 1.165) is 32.0 Å². The van der Waals surface area contributed by atoms with Crippen molar-refractivity contribution >= 4 is 5.96 Å². The van der Waals surface area contributed by atoms with Crippen LogP contribution in [0.5, 0.6) is 0 Å². The number of nitrogens with one attached hydrogen (secondary N) is 1. The molecule has 0 saturated heterocycles. The first-order valence-corrected chi connectivity index (χ1v) is 8.96. The molecule has 1 atom stereocenters. The van der Waals surface area contributed by atoms with Crippen molar-refractivity contribution in [3.63, 3.8) is 0 Å². The highest BCUT2D eigenvalue weighted by Gasteiger charge is 2.18. The molecule has 1 aromatic rings. The number of ether oxygens (including phenoxy) is 1. The largest absolute Gasteiger partial charge is 0.389 e. The first kappa shape index (κ1) is 18.7. The molecule has 0 saturated carbocycles. The van der Waals surface area contributed by atoms with Crippen LogP contribution in [-0.2, 0) is 17.7 Å². The second-order valence-corrected chi connectivity index (χ2v) is 6.72. The number of benzene rings is 1. The third-order valence-electron chi connectivity index (χ3n) is 3.98. The summed E-state index contributed by atoms with van der Waals surface area (Å²) in [6.45, 7) is 10.3. The molecule has 1 unspecified atom stereocenters. The lowest BCUT2D eigenvalue weighted by Gasteiger charge is -2.31. The molecule has 0 bridgehead atoms. The SMILES string of the molecule is CCNC(=NCC(O)COCC(C)C)N1CCc2ccccc2C1. The molecule has 0 amide bonds. The highest BCUT2D eigenvalue weighted by Crippen LogP contribution is 2.18. The Labute approximate surface area is 145 Å². The van der Waals surface area contributed by atoms with Crippen LogP contribution in [-0.4, -0.2) is 54.9 Å². The molecule has 2 N–H and O–H groups in total. The van der Waals surface area contributed by atoms with Crippen molar-refractivity contribution in [3.05, 3.63) is 35.4 Å². The van der Waals surface area contributed by atoms with Crippen LogP contribution in [0.15, 0.2) is 29.3 Å². The zero-order valence-corrected chi connectivity index (χ0v) is 15.2. The number of rotatable bonds is 7. The number of aliphatic hydroxyl groups is 1. The van der Waals surface area contributed by atoms with Crippen molar-refractivity contribution < 1.29 is 9.84 Å². The summed E-state index contributed by atoms with van der Waals surface area (Å²) in [7, 11) is 0. The van der Waals surface area contributed by atoms with Gasteiger partial charge in [-0.25, -0.2) is 0 Å². The Balaban J connectivity index is 1.91. The maximum Gasteiger partial charge on any atom is 0.194 e. The van der Waals surface area contributed by atoms with Crippen LogP contribution in [0.4, 0.5) is 0 Å². The van der Waals surface area contributed by atoms with Crippen LogP contribution in [0.3, 0.4) is 0 Å². The Hall–Kier alpha value is -1.59. The van der Waals surface area contributed by atoms with Gasteiger partial charge >= 0.3 is 0 Å². The van der Waals surface area contributed by atoms with Crippen molar-refractivity contribution in [1.29, 1.82) is 0 Å². The summed E-state index contributed by atoms with van der Waals surface area (Å²) in [6.07, 6.45) is 0.468. The summed E-state index contributed by atoms with van der Waals surface area (Å²) in [4.78, 5) is 6.87. The van der Waals surface area contributed by atoms with E-state index in [1.54, 1.807) is 0 Å². The van der Waals surface area contributed by atoms with E-state index in [2.05, 4.69) is 60.2 Å². The molecule has 24 heavy (non-hydrogen) atoms. The lowest BCUT2D eigenvalue weighted by atomic mass is 10.0. The molecule has 5 heteroatoms. The normalized spacial score (nSPS) is 16.2. The predicted octanol–water partition coefficient (Wildman–Crippen LogP) is 2.04. The zero-order valence-electron chi connectivity index (χ0n) is 15.2. The van der Waals surface area contributed by atoms with Crippen molar-refractivity contribution in [3.8, 4) is 0 Å². The van der Waals surface area contributed by atoms with E-state index in [0.29, 0.717) is 25.7 Å². The Morgan fingerprint density at radius 2 is 2.04 bits per heavy atom. The van der Waals surface area contributed by atoms with Gasteiger partial charge in [-0.3, -0.25) is 4.99 Å². The van der Waals surface area contributed by atoms with Gasteiger partial charge in [-0.2, -0.15) is 0 Å². The minimum atomic E-state index is -0.561. The monoisotopic (exact) mass is 333 g/mol. The Kier molecular flexibility index (Phi) is 7.53. The van der Waals surface area contributed by atoms with Crippen LogP contribution in [0.1, 0.15) is 31.9 Å². The highest BCUT2D eigenvalue weighted by molar-refractivity contribution is 5.80. The Bertz CT molecular complexity index is 531. The smallest absolute Gasteiger partial charge is 0.194 e. The Morgan fingerprint density at radius 3 is 2.75 bits per heavy atom. The van der Waals surface area contributed by atoms with Crippen LogP contribution in [0.2, 0.25) is 0 Å². The van der Waals surface area contributed by atoms with Gasteiger partial charge in [-0.15, -0.1) is 0 Å². The molecule has 1 aliphatic heterocycles. The van der Waals surface area contributed by atoms with Gasteiger partial charge in [0.25, 0.3) is 0 Å². The van der Waals surface area contributed by atoms with Gasteiger partial charge in [0.05, 0.1) is 19.3 Å². The van der Waals surface area contributed by atoms with E-state index in [-0.39, 0.29) is 0 Å². The Morgan fingerprint density at radius 1 is 1.29 bits per heavy atom. The lowest BCUT2D eigenvalue weighted by molar-refractivity contribution is 0.0300. The number of aliphatic hydroxyl groups excluding tert-OH is 1. The van der Waals surface area contributed by atoms with Gasteiger partial charge in [0, 0.05) is 26.2 Å². The number of hydrogen-bond acceptors (Lipinski definition) is 3. The van der Waals surface area contributed by atoms with Crippen LogP contribution in [0, 0.1) is 5.92 Å². The van der Waals surface area contributed by atoms with Crippen molar-refractivity contribution in [2.75, 3.05) is 32.8 Å².